The van der Waals surface area contributed by atoms with Crippen LogP contribution in [0.1, 0.15) is 17.0 Å². The van der Waals surface area contributed by atoms with E-state index in [-0.39, 0.29) is 12.5 Å². The largest absolute Gasteiger partial charge is 0.445 e. The first-order chi connectivity index (χ1) is 16.6. The number of aromatic amines is 1. The molecule has 4 rings (SSSR count). The lowest BCUT2D eigenvalue weighted by Gasteiger charge is -2.19. The van der Waals surface area contributed by atoms with Gasteiger partial charge in [0.05, 0.1) is 0 Å². The number of aromatic nitrogens is 3. The zero-order valence-electron chi connectivity index (χ0n) is 18.7. The van der Waals surface area contributed by atoms with Gasteiger partial charge in [0.15, 0.2) is 5.82 Å². The van der Waals surface area contributed by atoms with Crippen LogP contribution in [0.3, 0.4) is 0 Å². The van der Waals surface area contributed by atoms with E-state index in [1.807, 2.05) is 79.7 Å². The number of hydrogen-bond acceptors (Lipinski definition) is 5. The van der Waals surface area contributed by atoms with E-state index in [4.69, 9.17) is 4.74 Å². The predicted molar refractivity (Wildman–Crippen MR) is 129 cm³/mol. The Balaban J connectivity index is 1.42. The number of carbonyl (C=O) groups is 2. The zero-order chi connectivity index (χ0) is 23.8. The van der Waals surface area contributed by atoms with Crippen LogP contribution in [0.4, 0.5) is 10.5 Å². The van der Waals surface area contributed by atoms with Gasteiger partial charge in [0.25, 0.3) is 0 Å². The molecule has 0 spiro atoms. The van der Waals surface area contributed by atoms with Crippen LogP contribution < -0.4 is 10.6 Å². The Kier molecular flexibility index (Phi) is 7.29. The van der Waals surface area contributed by atoms with E-state index in [1.165, 1.54) is 0 Å². The molecule has 0 saturated heterocycles. The molecular weight excluding hydrogens is 430 g/mol. The lowest BCUT2D eigenvalue weighted by Crippen LogP contribution is -2.45. The Morgan fingerprint density at radius 1 is 0.912 bits per heavy atom. The Hall–Kier alpha value is -4.46. The molecule has 0 fully saturated rings. The fourth-order valence-electron chi connectivity index (χ4n) is 3.37. The highest BCUT2D eigenvalue weighted by molar-refractivity contribution is 5.96. The highest BCUT2D eigenvalue weighted by Gasteiger charge is 2.22. The maximum absolute atomic E-state index is 13.1. The van der Waals surface area contributed by atoms with Crippen molar-refractivity contribution in [1.29, 1.82) is 0 Å². The third-order valence-electron chi connectivity index (χ3n) is 5.11. The number of nitrogens with zero attached hydrogens (tertiary/aromatic N) is 2. The second-order valence-electron chi connectivity index (χ2n) is 7.76. The van der Waals surface area contributed by atoms with Crippen LogP contribution in [0.2, 0.25) is 0 Å². The van der Waals surface area contributed by atoms with Gasteiger partial charge in [0.1, 0.15) is 18.5 Å². The highest BCUT2D eigenvalue weighted by Crippen LogP contribution is 2.18. The molecule has 1 aromatic heterocycles. The van der Waals surface area contributed by atoms with E-state index < -0.39 is 12.1 Å². The summed E-state index contributed by atoms with van der Waals surface area (Å²) in [5, 5.41) is 12.5. The van der Waals surface area contributed by atoms with Gasteiger partial charge in [-0.2, -0.15) is 5.10 Å². The quantitative estimate of drug-likeness (QED) is 0.368. The molecule has 1 unspecified atom stereocenters. The van der Waals surface area contributed by atoms with Crippen LogP contribution in [0, 0.1) is 6.92 Å². The molecule has 1 heterocycles. The molecule has 0 radical (unpaired) electrons. The van der Waals surface area contributed by atoms with E-state index >= 15 is 0 Å². The lowest BCUT2D eigenvalue weighted by atomic mass is 10.1. The molecule has 4 aromatic rings. The summed E-state index contributed by atoms with van der Waals surface area (Å²) in [6.45, 7) is 1.95. The van der Waals surface area contributed by atoms with Crippen molar-refractivity contribution < 1.29 is 14.3 Å². The summed E-state index contributed by atoms with van der Waals surface area (Å²) in [4.78, 5) is 29.8. The molecule has 2 amide bonds. The first-order valence-electron chi connectivity index (χ1n) is 10.9. The molecule has 0 aliphatic rings. The van der Waals surface area contributed by atoms with Gasteiger partial charge in [-0.1, -0.05) is 60.7 Å². The summed E-state index contributed by atoms with van der Waals surface area (Å²) in [6, 6.07) is 25.2. The zero-order valence-corrected chi connectivity index (χ0v) is 18.7. The van der Waals surface area contributed by atoms with Gasteiger partial charge >= 0.3 is 6.09 Å². The minimum Gasteiger partial charge on any atom is -0.445 e. The molecule has 8 nitrogen and oxygen atoms in total. The summed E-state index contributed by atoms with van der Waals surface area (Å²) >= 11 is 0. The maximum Gasteiger partial charge on any atom is 0.408 e. The standard InChI is InChI=1S/C26H25N5O3/c1-18-27-24(31-30-18)21-12-14-22(15-13-21)28-25(32)23(16-19-8-4-2-5-9-19)29-26(33)34-17-20-10-6-3-7-11-20/h2-15,23H,16-17H2,1H3,(H,28,32)(H,29,33)(H,27,30,31). The van der Waals surface area contributed by atoms with Crippen molar-refractivity contribution in [2.45, 2.75) is 26.0 Å². The van der Waals surface area contributed by atoms with Gasteiger partial charge in [-0.3, -0.25) is 9.89 Å². The van der Waals surface area contributed by atoms with Gasteiger partial charge < -0.3 is 15.4 Å². The SMILES string of the molecule is Cc1nc(-c2ccc(NC(=O)C(Cc3ccccc3)NC(=O)OCc3ccccc3)cc2)n[nH]1. The van der Waals surface area contributed by atoms with Crippen LogP contribution in [-0.2, 0) is 22.6 Å². The van der Waals surface area contributed by atoms with Gasteiger partial charge in [-0.05, 0) is 42.3 Å². The average molecular weight is 456 g/mol. The Morgan fingerprint density at radius 3 is 2.18 bits per heavy atom. The van der Waals surface area contributed by atoms with Crippen molar-refractivity contribution in [2.75, 3.05) is 5.32 Å². The Morgan fingerprint density at radius 2 is 1.56 bits per heavy atom. The van der Waals surface area contributed by atoms with Crippen molar-refractivity contribution >= 4 is 17.7 Å². The second kappa shape index (κ2) is 10.9. The first-order valence-corrected chi connectivity index (χ1v) is 10.9. The van der Waals surface area contributed by atoms with E-state index in [9.17, 15) is 9.59 Å². The Labute approximate surface area is 197 Å². The number of hydrogen-bond donors (Lipinski definition) is 3. The normalized spacial score (nSPS) is 11.4. The van der Waals surface area contributed by atoms with E-state index in [0.717, 1.165) is 22.5 Å². The molecule has 8 heteroatoms. The van der Waals surface area contributed by atoms with Gasteiger partial charge in [-0.25, -0.2) is 9.78 Å². The number of alkyl carbamates (subject to hydrolysis) is 1. The third kappa shape index (κ3) is 6.29. The average Bonchev–Trinajstić information content (AvgIpc) is 3.30. The number of nitrogens with one attached hydrogen (secondary N) is 3. The molecule has 0 saturated carbocycles. The smallest absolute Gasteiger partial charge is 0.408 e. The molecule has 1 atom stereocenters. The van der Waals surface area contributed by atoms with Crippen molar-refractivity contribution in [3.05, 3.63) is 102 Å². The number of benzene rings is 3. The van der Waals surface area contributed by atoms with Crippen molar-refractivity contribution in [3.8, 4) is 11.4 Å². The fourth-order valence-corrected chi connectivity index (χ4v) is 3.37. The number of anilines is 1. The molecular formula is C26H25N5O3. The minimum absolute atomic E-state index is 0.120. The van der Waals surface area contributed by atoms with Crippen LogP contribution in [0.15, 0.2) is 84.9 Å². The predicted octanol–water partition coefficient (Wildman–Crippen LogP) is 4.26. The van der Waals surface area contributed by atoms with Crippen LogP contribution in [0.5, 0.6) is 0 Å². The van der Waals surface area contributed by atoms with Gasteiger partial charge in [0, 0.05) is 17.7 Å². The number of aryl methyl sites for hydroxylation is 1. The topological polar surface area (TPSA) is 109 Å². The van der Waals surface area contributed by atoms with Crippen LogP contribution in [0.25, 0.3) is 11.4 Å². The highest BCUT2D eigenvalue weighted by atomic mass is 16.5. The summed E-state index contributed by atoms with van der Waals surface area (Å²) in [6.07, 6.45) is -0.336. The van der Waals surface area contributed by atoms with Crippen LogP contribution in [-0.4, -0.2) is 33.2 Å². The second-order valence-corrected chi connectivity index (χ2v) is 7.76. The van der Waals surface area contributed by atoms with Crippen molar-refractivity contribution in [2.24, 2.45) is 0 Å². The number of carbonyl (C=O) groups excluding carboxylic acids is 2. The van der Waals surface area contributed by atoms with E-state index in [1.54, 1.807) is 12.1 Å². The molecule has 34 heavy (non-hydrogen) atoms. The summed E-state index contributed by atoms with van der Waals surface area (Å²) in [5.41, 5.74) is 3.20. The molecule has 0 bridgehead atoms. The molecule has 3 N–H and O–H groups in total. The maximum atomic E-state index is 13.1. The van der Waals surface area contributed by atoms with Crippen LogP contribution >= 0.6 is 0 Å². The minimum atomic E-state index is -0.819. The van der Waals surface area contributed by atoms with Gasteiger partial charge in [-0.15, -0.1) is 0 Å². The van der Waals surface area contributed by atoms with E-state index in [0.29, 0.717) is 17.9 Å². The third-order valence-corrected chi connectivity index (χ3v) is 5.11. The first kappa shape index (κ1) is 22.7. The van der Waals surface area contributed by atoms with E-state index in [2.05, 4.69) is 25.8 Å². The fraction of sp³-hybridized carbons (Fsp3) is 0.154. The molecule has 172 valence electrons. The summed E-state index contributed by atoms with van der Waals surface area (Å²) < 4.78 is 5.32. The Bertz CT molecular complexity index is 1220. The number of H-pyrrole nitrogens is 1. The van der Waals surface area contributed by atoms with Gasteiger partial charge in [0.2, 0.25) is 5.91 Å². The number of amides is 2. The monoisotopic (exact) mass is 455 g/mol. The van der Waals surface area contributed by atoms with Crippen molar-refractivity contribution in [3.63, 3.8) is 0 Å². The van der Waals surface area contributed by atoms with Crippen molar-refractivity contribution in [1.82, 2.24) is 20.5 Å². The molecule has 0 aliphatic heterocycles. The number of rotatable bonds is 8. The molecule has 3 aromatic carbocycles. The summed E-state index contributed by atoms with van der Waals surface area (Å²) in [5.74, 6) is 0.962. The number of ether oxygens (including phenoxy) is 1. The summed E-state index contributed by atoms with van der Waals surface area (Å²) in [7, 11) is 0. The lowest BCUT2D eigenvalue weighted by molar-refractivity contribution is -0.118. The molecule has 0 aliphatic carbocycles.